The van der Waals surface area contributed by atoms with E-state index in [1.54, 1.807) is 11.3 Å². The third-order valence-electron chi connectivity index (χ3n) is 5.63. The van der Waals surface area contributed by atoms with Gasteiger partial charge in [0, 0.05) is 29.2 Å². The Kier molecular flexibility index (Phi) is 4.97. The van der Waals surface area contributed by atoms with Crippen molar-refractivity contribution in [1.29, 1.82) is 5.26 Å². The van der Waals surface area contributed by atoms with Crippen molar-refractivity contribution in [2.24, 2.45) is 4.99 Å². The molecule has 0 bridgehead atoms. The molecular formula is C22H22N4O2S. The van der Waals surface area contributed by atoms with Crippen LogP contribution in [-0.2, 0) is 24.1 Å². The highest BCUT2D eigenvalue weighted by molar-refractivity contribution is 7.15. The summed E-state index contributed by atoms with van der Waals surface area (Å²) in [6.45, 7) is 7.74. The zero-order valence-electron chi connectivity index (χ0n) is 16.6. The van der Waals surface area contributed by atoms with Crippen molar-refractivity contribution in [2.45, 2.75) is 46.0 Å². The van der Waals surface area contributed by atoms with Crippen LogP contribution in [0.1, 0.15) is 45.8 Å². The van der Waals surface area contributed by atoms with Crippen LogP contribution in [0.15, 0.2) is 23.7 Å². The number of thiophene rings is 1. The van der Waals surface area contributed by atoms with E-state index in [-0.39, 0.29) is 18.2 Å². The molecule has 29 heavy (non-hydrogen) atoms. The Morgan fingerprint density at radius 3 is 2.79 bits per heavy atom. The lowest BCUT2D eigenvalue weighted by Crippen LogP contribution is -2.33. The van der Waals surface area contributed by atoms with Gasteiger partial charge in [0.15, 0.2) is 0 Å². The SMILES string of the molecule is C=CCN1C(=O)N=C(Cc2cc(C)n(-c3sc4c(c3C#N)CCCC4)c2C)C1=O. The van der Waals surface area contributed by atoms with Crippen LogP contribution in [-0.4, -0.2) is 33.7 Å². The van der Waals surface area contributed by atoms with Gasteiger partial charge in [-0.25, -0.2) is 4.79 Å². The van der Waals surface area contributed by atoms with Gasteiger partial charge in [0.2, 0.25) is 0 Å². The summed E-state index contributed by atoms with van der Waals surface area (Å²) in [4.78, 5) is 30.8. The second kappa shape index (κ2) is 7.45. The van der Waals surface area contributed by atoms with Crippen molar-refractivity contribution in [3.63, 3.8) is 0 Å². The van der Waals surface area contributed by atoms with Crippen LogP contribution in [0.25, 0.3) is 5.00 Å². The fourth-order valence-corrected chi connectivity index (χ4v) is 5.65. The largest absolute Gasteiger partial charge is 0.351 e. The van der Waals surface area contributed by atoms with Crippen molar-refractivity contribution >= 4 is 29.0 Å². The van der Waals surface area contributed by atoms with Gasteiger partial charge in [0.1, 0.15) is 16.8 Å². The minimum atomic E-state index is -0.531. The Balaban J connectivity index is 1.70. The highest BCUT2D eigenvalue weighted by atomic mass is 32.1. The maximum atomic E-state index is 12.5. The number of hydrogen-bond donors (Lipinski definition) is 0. The average molecular weight is 407 g/mol. The summed E-state index contributed by atoms with van der Waals surface area (Å²) in [6, 6.07) is 3.91. The van der Waals surface area contributed by atoms with Crippen LogP contribution < -0.4 is 0 Å². The lowest BCUT2D eigenvalue weighted by atomic mass is 9.96. The van der Waals surface area contributed by atoms with Gasteiger partial charge in [-0.1, -0.05) is 6.08 Å². The second-order valence-corrected chi connectivity index (χ2v) is 8.54. The van der Waals surface area contributed by atoms with Crippen LogP contribution >= 0.6 is 11.3 Å². The molecule has 1 aliphatic carbocycles. The van der Waals surface area contributed by atoms with Gasteiger partial charge in [-0.15, -0.1) is 17.9 Å². The van der Waals surface area contributed by atoms with Crippen LogP contribution in [0, 0.1) is 25.2 Å². The standard InChI is InChI=1S/C22H22N4O2S/c1-4-9-25-20(27)18(24-22(25)28)11-15-10-13(2)26(14(15)3)21-17(12-23)16-7-5-6-8-19(16)29-21/h4,10H,1,5-9,11H2,2-3H3. The average Bonchev–Trinajstić information content (AvgIpc) is 3.29. The lowest BCUT2D eigenvalue weighted by Gasteiger charge is -2.10. The van der Waals surface area contributed by atoms with Gasteiger partial charge < -0.3 is 4.57 Å². The Morgan fingerprint density at radius 1 is 1.31 bits per heavy atom. The third-order valence-corrected chi connectivity index (χ3v) is 6.90. The van der Waals surface area contributed by atoms with Crippen LogP contribution in [0.3, 0.4) is 0 Å². The molecule has 0 fully saturated rings. The molecule has 0 radical (unpaired) electrons. The number of nitrogens with zero attached hydrogens (tertiary/aromatic N) is 4. The van der Waals surface area contributed by atoms with E-state index in [0.29, 0.717) is 6.42 Å². The van der Waals surface area contributed by atoms with Crippen LogP contribution in [0.4, 0.5) is 4.79 Å². The molecule has 6 nitrogen and oxygen atoms in total. The number of urea groups is 1. The molecule has 0 saturated heterocycles. The molecule has 148 valence electrons. The predicted octanol–water partition coefficient (Wildman–Crippen LogP) is 4.04. The first-order valence-electron chi connectivity index (χ1n) is 9.73. The normalized spacial score (nSPS) is 16.0. The first-order valence-corrected chi connectivity index (χ1v) is 10.5. The van der Waals surface area contributed by atoms with Crippen molar-refractivity contribution in [3.05, 3.63) is 51.7 Å². The molecule has 2 aliphatic rings. The van der Waals surface area contributed by atoms with E-state index in [9.17, 15) is 14.9 Å². The Morgan fingerprint density at radius 2 is 2.07 bits per heavy atom. The fourth-order valence-electron chi connectivity index (χ4n) is 4.20. The molecule has 2 aromatic rings. The molecule has 3 heterocycles. The van der Waals surface area contributed by atoms with Gasteiger partial charge >= 0.3 is 6.03 Å². The molecule has 0 atom stereocenters. The quantitative estimate of drug-likeness (QED) is 0.703. The molecular weight excluding hydrogens is 384 g/mol. The highest BCUT2D eigenvalue weighted by Crippen LogP contribution is 2.38. The minimum Gasteiger partial charge on any atom is -0.309 e. The molecule has 0 saturated carbocycles. The van der Waals surface area contributed by atoms with Crippen molar-refractivity contribution in [3.8, 4) is 11.1 Å². The number of aliphatic imine (C=N–C) groups is 1. The molecule has 2 aromatic heterocycles. The summed E-state index contributed by atoms with van der Waals surface area (Å²) in [5, 5.41) is 10.8. The summed E-state index contributed by atoms with van der Waals surface area (Å²) in [5.41, 5.74) is 5.16. The van der Waals surface area contributed by atoms with Gasteiger partial charge in [-0.3, -0.25) is 9.69 Å². The third kappa shape index (κ3) is 3.14. The van der Waals surface area contributed by atoms with E-state index in [2.05, 4.69) is 22.2 Å². The molecule has 4 rings (SSSR count). The second-order valence-electron chi connectivity index (χ2n) is 7.46. The van der Waals surface area contributed by atoms with Gasteiger partial charge in [-0.05, 0) is 56.7 Å². The smallest absolute Gasteiger partial charge is 0.309 e. The number of aryl methyl sites for hydroxylation is 2. The Bertz CT molecular complexity index is 1110. The highest BCUT2D eigenvalue weighted by Gasteiger charge is 2.33. The number of carbonyl (C=O) groups excluding carboxylic acids is 2. The van der Waals surface area contributed by atoms with Gasteiger partial charge in [0.05, 0.1) is 5.56 Å². The van der Waals surface area contributed by atoms with Gasteiger partial charge in [-0.2, -0.15) is 10.3 Å². The zero-order chi connectivity index (χ0) is 20.7. The molecule has 0 N–H and O–H groups in total. The monoisotopic (exact) mass is 406 g/mol. The minimum absolute atomic E-state index is 0.163. The number of fused-ring (bicyclic) bond motifs is 1. The molecule has 7 heteroatoms. The van der Waals surface area contributed by atoms with Crippen molar-refractivity contribution in [1.82, 2.24) is 9.47 Å². The van der Waals surface area contributed by atoms with Crippen molar-refractivity contribution in [2.75, 3.05) is 6.54 Å². The van der Waals surface area contributed by atoms with E-state index in [1.807, 2.05) is 19.9 Å². The first-order chi connectivity index (χ1) is 14.0. The van der Waals surface area contributed by atoms with Crippen LogP contribution in [0.5, 0.6) is 0 Å². The summed E-state index contributed by atoms with van der Waals surface area (Å²) >= 11 is 1.70. The molecule has 0 unspecified atom stereocenters. The number of imide groups is 1. The number of rotatable bonds is 5. The predicted molar refractivity (Wildman–Crippen MR) is 113 cm³/mol. The Hall–Kier alpha value is -2.98. The van der Waals surface area contributed by atoms with Crippen molar-refractivity contribution < 1.29 is 9.59 Å². The summed E-state index contributed by atoms with van der Waals surface area (Å²) < 4.78 is 2.11. The maximum Gasteiger partial charge on any atom is 0.351 e. The number of carbonyl (C=O) groups is 2. The van der Waals surface area contributed by atoms with Gasteiger partial charge in [0.25, 0.3) is 5.91 Å². The summed E-state index contributed by atoms with van der Waals surface area (Å²) in [5.74, 6) is -0.357. The Labute approximate surface area is 173 Å². The summed E-state index contributed by atoms with van der Waals surface area (Å²) in [6.07, 6.45) is 6.11. The zero-order valence-corrected chi connectivity index (χ0v) is 17.4. The first kappa shape index (κ1) is 19.3. The van der Waals surface area contributed by atoms with E-state index in [0.717, 1.165) is 51.7 Å². The topological polar surface area (TPSA) is 78.5 Å². The fraction of sp³-hybridized carbons (Fsp3) is 0.364. The maximum absolute atomic E-state index is 12.5. The van der Waals surface area contributed by atoms with Crippen LogP contribution in [0.2, 0.25) is 0 Å². The number of nitriles is 1. The van der Waals surface area contributed by atoms with E-state index >= 15 is 0 Å². The van der Waals surface area contributed by atoms with E-state index < -0.39 is 6.03 Å². The molecule has 1 aliphatic heterocycles. The lowest BCUT2D eigenvalue weighted by molar-refractivity contribution is -0.120. The molecule has 3 amide bonds. The molecule has 0 spiro atoms. The number of aromatic nitrogens is 1. The van der Waals surface area contributed by atoms with E-state index in [1.165, 1.54) is 22.9 Å². The number of amides is 3. The number of hydrogen-bond acceptors (Lipinski definition) is 4. The summed E-state index contributed by atoms with van der Waals surface area (Å²) in [7, 11) is 0. The van der Waals surface area contributed by atoms with E-state index in [4.69, 9.17) is 0 Å². The molecule has 0 aromatic carbocycles.